The molecule has 0 saturated heterocycles. The van der Waals surface area contributed by atoms with E-state index in [-0.39, 0.29) is 6.10 Å². The minimum absolute atomic E-state index is 0.174. The molecule has 0 bridgehead atoms. The van der Waals surface area contributed by atoms with Crippen molar-refractivity contribution in [3.8, 4) is 5.75 Å². The van der Waals surface area contributed by atoms with Crippen molar-refractivity contribution in [1.29, 1.82) is 0 Å². The monoisotopic (exact) mass is 276 g/mol. The molecular formula is C14H13ClN2O2. The van der Waals surface area contributed by atoms with E-state index in [1.807, 2.05) is 18.2 Å². The molecule has 19 heavy (non-hydrogen) atoms. The predicted molar refractivity (Wildman–Crippen MR) is 71.3 cm³/mol. The van der Waals surface area contributed by atoms with Gasteiger partial charge in [-0.15, -0.1) is 0 Å². The zero-order valence-electron chi connectivity index (χ0n) is 10.5. The molecule has 1 aliphatic rings. The summed E-state index contributed by atoms with van der Waals surface area (Å²) in [6.07, 6.45) is 0.592. The second-order valence-corrected chi connectivity index (χ2v) is 4.78. The van der Waals surface area contributed by atoms with Crippen LogP contribution in [0, 0.1) is 0 Å². The van der Waals surface area contributed by atoms with Gasteiger partial charge in [0, 0.05) is 13.5 Å². The van der Waals surface area contributed by atoms with Crippen LogP contribution < -0.4 is 4.74 Å². The zero-order chi connectivity index (χ0) is 13.2. The Morgan fingerprint density at radius 2 is 2.21 bits per heavy atom. The highest BCUT2D eigenvalue weighted by molar-refractivity contribution is 6.29. The lowest BCUT2D eigenvalue weighted by molar-refractivity contribution is 0.179. The van der Waals surface area contributed by atoms with Crippen LogP contribution in [0.25, 0.3) is 0 Å². The van der Waals surface area contributed by atoms with Crippen molar-refractivity contribution in [3.05, 3.63) is 52.6 Å². The van der Waals surface area contributed by atoms with Crippen molar-refractivity contribution in [1.82, 2.24) is 9.97 Å². The molecule has 0 spiro atoms. The van der Waals surface area contributed by atoms with Gasteiger partial charge in [0.05, 0.1) is 12.3 Å². The highest BCUT2D eigenvalue weighted by Gasteiger charge is 2.26. The van der Waals surface area contributed by atoms with Crippen molar-refractivity contribution in [2.75, 3.05) is 7.11 Å². The largest absolute Gasteiger partial charge is 0.482 e. The van der Waals surface area contributed by atoms with Crippen LogP contribution in [0.3, 0.4) is 0 Å². The molecule has 4 nitrogen and oxygen atoms in total. The smallest absolute Gasteiger partial charge is 0.171 e. The second-order valence-electron chi connectivity index (χ2n) is 4.39. The molecule has 98 valence electrons. The summed E-state index contributed by atoms with van der Waals surface area (Å²) >= 11 is 6.01. The standard InChI is InChI=1S/C14H13ClN2O2/c1-18-8-10-7-13(15)17-14(16-10)12-6-9-4-2-3-5-11(9)19-12/h2-5,7,12H,6,8H2,1H3. The Labute approximate surface area is 116 Å². The van der Waals surface area contributed by atoms with Gasteiger partial charge in [0.15, 0.2) is 11.9 Å². The fourth-order valence-corrected chi connectivity index (χ4v) is 2.39. The highest BCUT2D eigenvalue weighted by Crippen LogP contribution is 2.35. The van der Waals surface area contributed by atoms with E-state index in [1.165, 1.54) is 5.56 Å². The molecule has 0 fully saturated rings. The van der Waals surface area contributed by atoms with Gasteiger partial charge >= 0.3 is 0 Å². The van der Waals surface area contributed by atoms with E-state index >= 15 is 0 Å². The molecule has 0 amide bonds. The maximum absolute atomic E-state index is 6.01. The maximum atomic E-state index is 6.01. The zero-order valence-corrected chi connectivity index (χ0v) is 11.2. The van der Waals surface area contributed by atoms with Gasteiger partial charge in [-0.3, -0.25) is 0 Å². The molecule has 1 aliphatic heterocycles. The number of aromatic nitrogens is 2. The van der Waals surface area contributed by atoms with Gasteiger partial charge in [0.25, 0.3) is 0 Å². The Balaban J connectivity index is 1.88. The number of methoxy groups -OCH3 is 1. The number of ether oxygens (including phenoxy) is 2. The van der Waals surface area contributed by atoms with E-state index in [2.05, 4.69) is 16.0 Å². The van der Waals surface area contributed by atoms with Crippen molar-refractivity contribution in [3.63, 3.8) is 0 Å². The molecule has 3 rings (SSSR count). The SMILES string of the molecule is COCc1cc(Cl)nc(C2Cc3ccccc3O2)n1. The van der Waals surface area contributed by atoms with E-state index in [0.717, 1.165) is 17.9 Å². The topological polar surface area (TPSA) is 44.2 Å². The van der Waals surface area contributed by atoms with Crippen molar-refractivity contribution >= 4 is 11.6 Å². The van der Waals surface area contributed by atoms with Gasteiger partial charge < -0.3 is 9.47 Å². The average molecular weight is 277 g/mol. The number of hydrogen-bond donors (Lipinski definition) is 0. The molecule has 2 heterocycles. The van der Waals surface area contributed by atoms with Gasteiger partial charge in [0.2, 0.25) is 0 Å². The first-order valence-corrected chi connectivity index (χ1v) is 6.41. The third kappa shape index (κ3) is 2.55. The summed E-state index contributed by atoms with van der Waals surface area (Å²) in [6.45, 7) is 0.412. The molecule has 5 heteroatoms. The van der Waals surface area contributed by atoms with Crippen LogP contribution >= 0.6 is 11.6 Å². The average Bonchev–Trinajstić information content (AvgIpc) is 2.82. The number of nitrogens with zero attached hydrogens (tertiary/aromatic N) is 2. The third-order valence-corrected chi connectivity index (χ3v) is 3.19. The fourth-order valence-electron chi connectivity index (χ4n) is 2.18. The Morgan fingerprint density at radius 3 is 3.00 bits per heavy atom. The van der Waals surface area contributed by atoms with Gasteiger partial charge in [-0.05, 0) is 17.7 Å². The molecule has 0 aliphatic carbocycles. The summed E-state index contributed by atoms with van der Waals surface area (Å²) in [5, 5.41) is 0.414. The van der Waals surface area contributed by atoms with E-state index in [9.17, 15) is 0 Å². The highest BCUT2D eigenvalue weighted by atomic mass is 35.5. The van der Waals surface area contributed by atoms with Gasteiger partial charge in [-0.25, -0.2) is 9.97 Å². The summed E-state index contributed by atoms with van der Waals surface area (Å²) in [6, 6.07) is 9.67. The fraction of sp³-hybridized carbons (Fsp3) is 0.286. The number of fused-ring (bicyclic) bond motifs is 1. The summed E-state index contributed by atoms with van der Waals surface area (Å²) in [7, 11) is 1.62. The summed E-state index contributed by atoms with van der Waals surface area (Å²) in [5.41, 5.74) is 1.93. The van der Waals surface area contributed by atoms with Crippen LogP contribution in [0.1, 0.15) is 23.2 Å². The predicted octanol–water partition coefficient (Wildman–Crippen LogP) is 2.95. The Morgan fingerprint density at radius 1 is 1.37 bits per heavy atom. The Hall–Kier alpha value is -1.65. The quantitative estimate of drug-likeness (QED) is 0.809. The minimum Gasteiger partial charge on any atom is -0.482 e. The first kappa shape index (κ1) is 12.4. The van der Waals surface area contributed by atoms with E-state index in [4.69, 9.17) is 21.1 Å². The van der Waals surface area contributed by atoms with Crippen LogP contribution in [0.4, 0.5) is 0 Å². The molecule has 1 unspecified atom stereocenters. The molecular weight excluding hydrogens is 264 g/mol. The van der Waals surface area contributed by atoms with Crippen molar-refractivity contribution in [2.45, 2.75) is 19.1 Å². The number of hydrogen-bond acceptors (Lipinski definition) is 4. The van der Waals surface area contributed by atoms with Crippen molar-refractivity contribution < 1.29 is 9.47 Å². The van der Waals surface area contributed by atoms with E-state index in [1.54, 1.807) is 13.2 Å². The van der Waals surface area contributed by atoms with Gasteiger partial charge in [-0.2, -0.15) is 0 Å². The lowest BCUT2D eigenvalue weighted by atomic mass is 10.1. The third-order valence-electron chi connectivity index (χ3n) is 2.99. The van der Waals surface area contributed by atoms with Crippen LogP contribution in [0.2, 0.25) is 5.15 Å². The number of benzene rings is 1. The summed E-state index contributed by atoms with van der Waals surface area (Å²) in [5.74, 6) is 1.50. The van der Waals surface area contributed by atoms with Crippen LogP contribution in [0.5, 0.6) is 5.75 Å². The maximum Gasteiger partial charge on any atom is 0.171 e. The molecule has 2 aromatic rings. The molecule has 0 N–H and O–H groups in total. The van der Waals surface area contributed by atoms with Crippen LogP contribution in [-0.2, 0) is 17.8 Å². The van der Waals surface area contributed by atoms with Crippen LogP contribution in [0.15, 0.2) is 30.3 Å². The lowest BCUT2D eigenvalue weighted by Gasteiger charge is -2.10. The summed E-state index contributed by atoms with van der Waals surface area (Å²) in [4.78, 5) is 8.70. The van der Waals surface area contributed by atoms with Gasteiger partial charge in [-0.1, -0.05) is 29.8 Å². The normalized spacial score (nSPS) is 17.1. The van der Waals surface area contributed by atoms with Gasteiger partial charge in [0.1, 0.15) is 10.9 Å². The van der Waals surface area contributed by atoms with E-state index in [0.29, 0.717) is 17.6 Å². The first-order valence-electron chi connectivity index (χ1n) is 6.03. The number of rotatable bonds is 3. The molecule has 0 radical (unpaired) electrons. The van der Waals surface area contributed by atoms with E-state index < -0.39 is 0 Å². The van der Waals surface area contributed by atoms with Crippen molar-refractivity contribution in [2.24, 2.45) is 0 Å². The molecule has 1 aromatic heterocycles. The second kappa shape index (κ2) is 5.15. The molecule has 1 atom stereocenters. The molecule has 1 aromatic carbocycles. The molecule has 0 saturated carbocycles. The minimum atomic E-state index is -0.174. The number of para-hydroxylation sites is 1. The first-order chi connectivity index (χ1) is 9.26. The Kier molecular flexibility index (Phi) is 3.36. The van der Waals surface area contributed by atoms with Crippen LogP contribution in [-0.4, -0.2) is 17.1 Å². The summed E-state index contributed by atoms with van der Waals surface area (Å²) < 4.78 is 10.9. The Bertz CT molecular complexity index is 579. The lowest BCUT2D eigenvalue weighted by Crippen LogP contribution is -2.10. The number of halogens is 1.